The van der Waals surface area contributed by atoms with Crippen LogP contribution in [-0.4, -0.2) is 11.3 Å². The Bertz CT molecular complexity index is 515. The Kier molecular flexibility index (Phi) is 9.23. The number of aromatic hydroxyl groups is 1. The number of benzene rings is 2. The maximum atomic E-state index is 9.78. The second kappa shape index (κ2) is 9.79. The molecule has 0 bridgehead atoms. The molecule has 0 saturated heterocycles. The third-order valence-corrected chi connectivity index (χ3v) is 2.38. The zero-order chi connectivity index (χ0) is 13.4. The number of rotatable bonds is 2. The summed E-state index contributed by atoms with van der Waals surface area (Å²) in [7, 11) is 4.64. The number of hydrogen-bond acceptors (Lipinski definition) is 2. The molecular weight excluding hydrogens is 293 g/mol. The van der Waals surface area contributed by atoms with E-state index >= 15 is 0 Å². The molecule has 0 heterocycles. The number of hydrogen-bond donors (Lipinski definition) is 1. The molecule has 0 fully saturated rings. The van der Waals surface area contributed by atoms with E-state index < -0.39 is 0 Å². The molecule has 0 radical (unpaired) electrons. The molecule has 98 valence electrons. The molecule has 0 unspecified atom stereocenters. The molecule has 19 heavy (non-hydrogen) atoms. The van der Waals surface area contributed by atoms with E-state index in [0.29, 0.717) is 5.75 Å². The SMILES string of the molecule is Cc1cccc(C=Nc2ccccc2)c1O.[CH3-].[Cl][Ti+]. The number of phenolic OH excluding ortho intramolecular Hbond substituents is 1. The summed E-state index contributed by atoms with van der Waals surface area (Å²) in [5, 5.41) is 9.78. The summed E-state index contributed by atoms with van der Waals surface area (Å²) in [6.07, 6.45) is 1.68. The summed E-state index contributed by atoms with van der Waals surface area (Å²) in [6.45, 7) is 1.87. The van der Waals surface area contributed by atoms with Crippen molar-refractivity contribution in [3.63, 3.8) is 0 Å². The van der Waals surface area contributed by atoms with Crippen LogP contribution in [0.25, 0.3) is 0 Å². The Morgan fingerprint density at radius 3 is 2.32 bits per heavy atom. The number of aliphatic imine (C=N–C) groups is 1. The number of phenols is 1. The Hall–Kier alpha value is -1.09. The van der Waals surface area contributed by atoms with Gasteiger partial charge in [-0.25, -0.2) is 0 Å². The Morgan fingerprint density at radius 1 is 1.05 bits per heavy atom. The van der Waals surface area contributed by atoms with Crippen LogP contribution in [-0.2, 0) is 19.4 Å². The minimum absolute atomic E-state index is 0. The number of nitrogens with zero attached hydrogens (tertiary/aromatic N) is 1. The quantitative estimate of drug-likeness (QED) is 0.491. The van der Waals surface area contributed by atoms with E-state index in [2.05, 4.69) is 14.3 Å². The predicted octanol–water partition coefficient (Wildman–Crippen LogP) is 4.59. The second-order valence-electron chi connectivity index (χ2n) is 3.61. The van der Waals surface area contributed by atoms with Crippen LogP contribution in [0.15, 0.2) is 53.5 Å². The molecular formula is C15H16ClNOTi. The summed E-state index contributed by atoms with van der Waals surface area (Å²) < 4.78 is 0. The van der Waals surface area contributed by atoms with Crippen molar-refractivity contribution < 1.29 is 24.5 Å². The van der Waals surface area contributed by atoms with Crippen LogP contribution in [0.3, 0.4) is 0 Å². The van der Waals surface area contributed by atoms with E-state index in [1.807, 2.05) is 55.5 Å². The van der Waals surface area contributed by atoms with Crippen LogP contribution in [0, 0.1) is 14.4 Å². The summed E-state index contributed by atoms with van der Waals surface area (Å²) in [4.78, 5) is 4.29. The summed E-state index contributed by atoms with van der Waals surface area (Å²) in [6, 6.07) is 15.3. The van der Waals surface area contributed by atoms with Gasteiger partial charge in [-0.3, -0.25) is 4.99 Å². The van der Waals surface area contributed by atoms with Gasteiger partial charge in [0, 0.05) is 11.8 Å². The summed E-state index contributed by atoms with van der Waals surface area (Å²) >= 11 is 1.47. The molecule has 0 aliphatic heterocycles. The standard InChI is InChI=1S/C14H13NO.CH3.ClH.Ti/c1-11-6-5-7-12(14(11)16)10-15-13-8-3-2-4-9-13;;;/h2-10,16H,1H3;1H3;1H;/q;-1;;+2/p-1. The van der Waals surface area contributed by atoms with Crippen LogP contribution >= 0.6 is 9.30 Å². The topological polar surface area (TPSA) is 32.6 Å². The van der Waals surface area contributed by atoms with Gasteiger partial charge in [-0.1, -0.05) is 30.3 Å². The van der Waals surface area contributed by atoms with Crippen molar-refractivity contribution in [2.24, 2.45) is 4.99 Å². The third-order valence-electron chi connectivity index (χ3n) is 2.38. The zero-order valence-electron chi connectivity index (χ0n) is 11.0. The van der Waals surface area contributed by atoms with Gasteiger partial charge in [-0.05, 0) is 30.7 Å². The van der Waals surface area contributed by atoms with Crippen LogP contribution in [0.1, 0.15) is 11.1 Å². The second-order valence-corrected chi connectivity index (χ2v) is 3.61. The first-order chi connectivity index (χ1) is 8.77. The van der Waals surface area contributed by atoms with Crippen molar-refractivity contribution in [3.05, 3.63) is 67.1 Å². The first-order valence-electron chi connectivity index (χ1n) is 5.34. The van der Waals surface area contributed by atoms with E-state index in [1.165, 1.54) is 19.4 Å². The molecule has 0 saturated carbocycles. The van der Waals surface area contributed by atoms with Gasteiger partial charge in [0.2, 0.25) is 0 Å². The summed E-state index contributed by atoms with van der Waals surface area (Å²) in [5.74, 6) is 0.294. The molecule has 0 atom stereocenters. The third kappa shape index (κ3) is 5.60. The molecule has 2 aromatic carbocycles. The molecule has 0 aliphatic carbocycles. The number of aryl methyl sites for hydroxylation is 1. The molecule has 2 nitrogen and oxygen atoms in total. The average molecular weight is 310 g/mol. The fourth-order valence-electron chi connectivity index (χ4n) is 1.44. The molecule has 4 heteroatoms. The average Bonchev–Trinajstić information content (AvgIpc) is 2.44. The normalized spacial score (nSPS) is 9.32. The van der Waals surface area contributed by atoms with Gasteiger partial charge in [0.05, 0.1) is 5.69 Å². The molecule has 0 aliphatic rings. The van der Waals surface area contributed by atoms with E-state index in [9.17, 15) is 5.11 Å². The molecule has 2 aromatic rings. The predicted molar refractivity (Wildman–Crippen MR) is 78.8 cm³/mol. The van der Waals surface area contributed by atoms with Crippen molar-refractivity contribution in [2.75, 3.05) is 0 Å². The Morgan fingerprint density at radius 2 is 1.68 bits per heavy atom. The Labute approximate surface area is 130 Å². The maximum absolute atomic E-state index is 9.78. The monoisotopic (exact) mass is 309 g/mol. The fraction of sp³-hybridized carbons (Fsp3) is 0.0667. The first kappa shape index (κ1) is 17.9. The number of halogens is 1. The number of para-hydroxylation sites is 2. The van der Waals surface area contributed by atoms with Crippen molar-refractivity contribution in [1.82, 2.24) is 0 Å². The minimum atomic E-state index is 0. The van der Waals surface area contributed by atoms with Gasteiger partial charge in [0.25, 0.3) is 0 Å². The van der Waals surface area contributed by atoms with Crippen molar-refractivity contribution in [3.8, 4) is 5.75 Å². The van der Waals surface area contributed by atoms with Crippen molar-refractivity contribution in [1.29, 1.82) is 0 Å². The van der Waals surface area contributed by atoms with E-state index in [-0.39, 0.29) is 7.43 Å². The molecule has 0 spiro atoms. The van der Waals surface area contributed by atoms with Gasteiger partial charge in [0.15, 0.2) is 0 Å². The van der Waals surface area contributed by atoms with Crippen molar-refractivity contribution >= 4 is 21.2 Å². The first-order valence-corrected chi connectivity index (χ1v) is 7.49. The van der Waals surface area contributed by atoms with Crippen LogP contribution < -0.4 is 0 Å². The van der Waals surface area contributed by atoms with Gasteiger partial charge in [0.1, 0.15) is 5.75 Å². The van der Waals surface area contributed by atoms with Gasteiger partial charge in [-0.15, -0.1) is 0 Å². The Balaban J connectivity index is 0.00000103. The van der Waals surface area contributed by atoms with Gasteiger partial charge >= 0.3 is 28.7 Å². The van der Waals surface area contributed by atoms with E-state index in [4.69, 9.17) is 0 Å². The fourth-order valence-corrected chi connectivity index (χ4v) is 1.44. The summed E-state index contributed by atoms with van der Waals surface area (Å²) in [5.41, 5.74) is 2.48. The van der Waals surface area contributed by atoms with Crippen molar-refractivity contribution in [2.45, 2.75) is 6.92 Å². The zero-order valence-corrected chi connectivity index (χ0v) is 13.3. The molecule has 1 N–H and O–H groups in total. The van der Waals surface area contributed by atoms with Gasteiger partial charge in [-0.2, -0.15) is 0 Å². The van der Waals surface area contributed by atoms with E-state index in [0.717, 1.165) is 16.8 Å². The van der Waals surface area contributed by atoms with Gasteiger partial charge < -0.3 is 12.5 Å². The molecule has 0 aromatic heterocycles. The van der Waals surface area contributed by atoms with Crippen LogP contribution in [0.4, 0.5) is 5.69 Å². The van der Waals surface area contributed by atoms with Crippen LogP contribution in [0.2, 0.25) is 0 Å². The molecule has 0 amide bonds. The van der Waals surface area contributed by atoms with Crippen LogP contribution in [0.5, 0.6) is 5.75 Å². The molecule has 2 rings (SSSR count). The van der Waals surface area contributed by atoms with E-state index in [1.54, 1.807) is 6.21 Å².